The van der Waals surface area contributed by atoms with Gasteiger partial charge in [-0.1, -0.05) is 0 Å². The fourth-order valence-corrected chi connectivity index (χ4v) is 3.07. The second kappa shape index (κ2) is 5.60. The summed E-state index contributed by atoms with van der Waals surface area (Å²) in [7, 11) is 4.14. The predicted molar refractivity (Wildman–Crippen MR) is 75.6 cm³/mol. The van der Waals surface area contributed by atoms with Crippen molar-refractivity contribution in [1.82, 2.24) is 14.7 Å². The maximum absolute atomic E-state index is 12.4. The summed E-state index contributed by atoms with van der Waals surface area (Å²) in [6.07, 6.45) is 2.52. The SMILES string of the molecule is CN(C)C1CCN(C(=O)N2CCC(C)(C(=O)O)C2)CC1. The van der Waals surface area contributed by atoms with Crippen LogP contribution in [0.15, 0.2) is 0 Å². The summed E-state index contributed by atoms with van der Waals surface area (Å²) in [5.41, 5.74) is -0.780. The number of carboxylic acids is 1. The van der Waals surface area contributed by atoms with Gasteiger partial charge < -0.3 is 19.8 Å². The summed E-state index contributed by atoms with van der Waals surface area (Å²) in [4.78, 5) is 29.4. The van der Waals surface area contributed by atoms with Crippen LogP contribution in [0.3, 0.4) is 0 Å². The molecule has 1 unspecified atom stereocenters. The quantitative estimate of drug-likeness (QED) is 0.819. The minimum absolute atomic E-state index is 0.00665. The Kier molecular flexibility index (Phi) is 4.22. The average Bonchev–Trinajstić information content (AvgIpc) is 2.82. The first-order valence-corrected chi connectivity index (χ1v) is 7.27. The molecule has 6 nitrogen and oxygen atoms in total. The molecule has 114 valence electrons. The number of urea groups is 1. The lowest BCUT2D eigenvalue weighted by Crippen LogP contribution is -2.49. The van der Waals surface area contributed by atoms with Gasteiger partial charge in [0.25, 0.3) is 0 Å². The topological polar surface area (TPSA) is 64.1 Å². The highest BCUT2D eigenvalue weighted by Gasteiger charge is 2.43. The summed E-state index contributed by atoms with van der Waals surface area (Å²) < 4.78 is 0. The number of piperidine rings is 1. The highest BCUT2D eigenvalue weighted by atomic mass is 16.4. The van der Waals surface area contributed by atoms with Crippen LogP contribution in [0.5, 0.6) is 0 Å². The number of carbonyl (C=O) groups excluding carboxylic acids is 1. The molecular weight excluding hydrogens is 258 g/mol. The highest BCUT2D eigenvalue weighted by molar-refractivity contribution is 5.79. The molecule has 1 atom stereocenters. The van der Waals surface area contributed by atoms with Crippen molar-refractivity contribution < 1.29 is 14.7 Å². The third kappa shape index (κ3) is 2.90. The number of hydrogen-bond donors (Lipinski definition) is 1. The van der Waals surface area contributed by atoms with Crippen LogP contribution in [-0.2, 0) is 4.79 Å². The molecule has 0 radical (unpaired) electrons. The van der Waals surface area contributed by atoms with Crippen LogP contribution in [0.4, 0.5) is 4.79 Å². The Balaban J connectivity index is 1.89. The fraction of sp³-hybridized carbons (Fsp3) is 0.857. The molecule has 2 fully saturated rings. The lowest BCUT2D eigenvalue weighted by atomic mass is 9.90. The summed E-state index contributed by atoms with van der Waals surface area (Å²) >= 11 is 0. The molecule has 2 amide bonds. The summed E-state index contributed by atoms with van der Waals surface area (Å²) in [5, 5.41) is 9.22. The Morgan fingerprint density at radius 2 is 1.75 bits per heavy atom. The molecular formula is C14H25N3O3. The summed E-state index contributed by atoms with van der Waals surface area (Å²) in [6, 6.07) is 0.550. The first-order chi connectivity index (χ1) is 9.33. The van der Waals surface area contributed by atoms with Crippen molar-refractivity contribution in [2.45, 2.75) is 32.2 Å². The van der Waals surface area contributed by atoms with E-state index in [1.54, 1.807) is 11.8 Å². The van der Waals surface area contributed by atoms with E-state index in [4.69, 9.17) is 0 Å². The zero-order chi connectivity index (χ0) is 14.9. The van der Waals surface area contributed by atoms with E-state index in [0.717, 1.165) is 25.9 Å². The number of hydrogen-bond acceptors (Lipinski definition) is 3. The summed E-state index contributed by atoms with van der Waals surface area (Å²) in [5.74, 6) is -0.806. The second-order valence-electron chi connectivity index (χ2n) is 6.50. The number of carboxylic acid groups (broad SMARTS) is 1. The molecule has 0 aromatic carbocycles. The van der Waals surface area contributed by atoms with Gasteiger partial charge >= 0.3 is 12.0 Å². The third-order valence-corrected chi connectivity index (χ3v) is 4.73. The molecule has 0 aromatic rings. The Hall–Kier alpha value is -1.30. The molecule has 0 bridgehead atoms. The molecule has 0 aliphatic carbocycles. The van der Waals surface area contributed by atoms with E-state index in [9.17, 15) is 14.7 Å². The van der Waals surface area contributed by atoms with Gasteiger partial charge in [0.05, 0.1) is 5.41 Å². The van der Waals surface area contributed by atoms with Gasteiger partial charge in [0.2, 0.25) is 0 Å². The molecule has 0 spiro atoms. The largest absolute Gasteiger partial charge is 0.481 e. The maximum Gasteiger partial charge on any atom is 0.320 e. The number of likely N-dealkylation sites (tertiary alicyclic amines) is 2. The van der Waals surface area contributed by atoms with Gasteiger partial charge in [-0.05, 0) is 40.3 Å². The number of amides is 2. The Morgan fingerprint density at radius 1 is 1.15 bits per heavy atom. The first-order valence-electron chi connectivity index (χ1n) is 7.27. The van der Waals surface area contributed by atoms with Gasteiger partial charge in [0.15, 0.2) is 0 Å². The van der Waals surface area contributed by atoms with Crippen LogP contribution in [-0.4, -0.2) is 78.1 Å². The maximum atomic E-state index is 12.4. The standard InChI is InChI=1S/C14H25N3O3/c1-14(12(18)19)6-9-17(10-14)13(20)16-7-4-11(5-8-16)15(2)3/h11H,4-10H2,1-3H3,(H,18,19). The van der Waals surface area contributed by atoms with E-state index in [1.807, 2.05) is 4.90 Å². The van der Waals surface area contributed by atoms with Crippen molar-refractivity contribution in [3.63, 3.8) is 0 Å². The van der Waals surface area contributed by atoms with Crippen LogP contribution in [0, 0.1) is 5.41 Å². The molecule has 2 rings (SSSR count). The Bertz CT molecular complexity index is 391. The van der Waals surface area contributed by atoms with Gasteiger partial charge in [0.1, 0.15) is 0 Å². The van der Waals surface area contributed by atoms with Crippen molar-refractivity contribution >= 4 is 12.0 Å². The van der Waals surface area contributed by atoms with Gasteiger partial charge in [-0.25, -0.2) is 4.79 Å². The predicted octanol–water partition coefficient (Wildman–Crippen LogP) is 0.929. The number of aliphatic carboxylic acids is 1. The average molecular weight is 283 g/mol. The van der Waals surface area contributed by atoms with Gasteiger partial charge in [-0.3, -0.25) is 4.79 Å². The molecule has 20 heavy (non-hydrogen) atoms. The van der Waals surface area contributed by atoms with Crippen LogP contribution in [0.1, 0.15) is 26.2 Å². The minimum atomic E-state index is -0.806. The van der Waals surface area contributed by atoms with Gasteiger partial charge in [-0.2, -0.15) is 0 Å². The van der Waals surface area contributed by atoms with E-state index < -0.39 is 11.4 Å². The summed E-state index contributed by atoms with van der Waals surface area (Å²) in [6.45, 7) is 4.13. The Morgan fingerprint density at radius 3 is 2.20 bits per heavy atom. The van der Waals surface area contributed by atoms with E-state index in [0.29, 0.717) is 25.6 Å². The van der Waals surface area contributed by atoms with Crippen LogP contribution in [0.25, 0.3) is 0 Å². The molecule has 2 aliphatic rings. The van der Waals surface area contributed by atoms with Crippen LogP contribution < -0.4 is 0 Å². The zero-order valence-corrected chi connectivity index (χ0v) is 12.6. The van der Waals surface area contributed by atoms with E-state index in [1.165, 1.54) is 0 Å². The second-order valence-corrected chi connectivity index (χ2v) is 6.50. The molecule has 0 aromatic heterocycles. The smallest absolute Gasteiger partial charge is 0.320 e. The van der Waals surface area contributed by atoms with Crippen molar-refractivity contribution in [2.24, 2.45) is 5.41 Å². The highest BCUT2D eigenvalue weighted by Crippen LogP contribution is 2.31. The zero-order valence-electron chi connectivity index (χ0n) is 12.6. The van der Waals surface area contributed by atoms with E-state index in [-0.39, 0.29) is 6.03 Å². The molecule has 2 saturated heterocycles. The number of rotatable bonds is 2. The monoisotopic (exact) mass is 283 g/mol. The van der Waals surface area contributed by atoms with Crippen molar-refractivity contribution in [3.8, 4) is 0 Å². The van der Waals surface area contributed by atoms with Crippen LogP contribution >= 0.6 is 0 Å². The van der Waals surface area contributed by atoms with E-state index in [2.05, 4.69) is 19.0 Å². The van der Waals surface area contributed by atoms with Gasteiger partial charge in [-0.15, -0.1) is 0 Å². The molecule has 6 heteroatoms. The third-order valence-electron chi connectivity index (χ3n) is 4.73. The number of nitrogens with zero attached hydrogens (tertiary/aromatic N) is 3. The Labute approximate surface area is 120 Å². The normalized spacial score (nSPS) is 28.2. The molecule has 2 heterocycles. The molecule has 0 saturated carbocycles. The minimum Gasteiger partial charge on any atom is -0.481 e. The molecule has 1 N–H and O–H groups in total. The lowest BCUT2D eigenvalue weighted by Gasteiger charge is -2.37. The van der Waals surface area contributed by atoms with Crippen molar-refractivity contribution in [3.05, 3.63) is 0 Å². The van der Waals surface area contributed by atoms with Crippen molar-refractivity contribution in [2.75, 3.05) is 40.3 Å². The van der Waals surface area contributed by atoms with Crippen LogP contribution in [0.2, 0.25) is 0 Å². The lowest BCUT2D eigenvalue weighted by molar-refractivity contribution is -0.147. The first kappa shape index (κ1) is 15.1. The number of carbonyl (C=O) groups is 2. The van der Waals surface area contributed by atoms with Gasteiger partial charge in [0, 0.05) is 32.2 Å². The van der Waals surface area contributed by atoms with Crippen molar-refractivity contribution in [1.29, 1.82) is 0 Å². The fourth-order valence-electron chi connectivity index (χ4n) is 3.07. The van der Waals surface area contributed by atoms with E-state index >= 15 is 0 Å². The molecule has 2 aliphatic heterocycles.